The molecule has 9 heteroatoms. The van der Waals surface area contributed by atoms with Crippen molar-refractivity contribution in [3.8, 4) is 0 Å². The number of hydrogen-bond acceptors (Lipinski definition) is 4. The summed E-state index contributed by atoms with van der Waals surface area (Å²) >= 11 is 12.0. The Hall–Kier alpha value is -1.93. The number of rotatable bonds is 6. The summed E-state index contributed by atoms with van der Waals surface area (Å²) in [5.41, 5.74) is 1.20. The summed E-state index contributed by atoms with van der Waals surface area (Å²) in [5, 5.41) is 1.07. The predicted molar refractivity (Wildman–Crippen MR) is 117 cm³/mol. The molecule has 1 aliphatic rings. The van der Waals surface area contributed by atoms with Gasteiger partial charge in [0.05, 0.1) is 4.90 Å². The standard InChI is InChI=1S/C21H22Cl2N2O4S/c1-15(26)17-3-2-4-19(13-17)30(28,29)25-11-9-24(10-12-25)21(27)8-6-16-5-7-18(22)14-20(16)23/h2-5,7,13-14H,6,8-12H2,1H3. The van der Waals surface area contributed by atoms with Gasteiger partial charge in [0.25, 0.3) is 0 Å². The minimum Gasteiger partial charge on any atom is -0.340 e. The van der Waals surface area contributed by atoms with Crippen LogP contribution < -0.4 is 0 Å². The number of sulfonamides is 1. The van der Waals surface area contributed by atoms with Crippen LogP contribution in [-0.4, -0.2) is 55.5 Å². The normalized spacial score (nSPS) is 15.2. The van der Waals surface area contributed by atoms with Gasteiger partial charge in [0, 0.05) is 48.2 Å². The van der Waals surface area contributed by atoms with E-state index in [2.05, 4.69) is 0 Å². The lowest BCUT2D eigenvalue weighted by atomic mass is 10.1. The second-order valence-corrected chi connectivity index (χ2v) is 9.89. The van der Waals surface area contributed by atoms with E-state index in [-0.39, 0.29) is 36.1 Å². The van der Waals surface area contributed by atoms with Gasteiger partial charge in [0.15, 0.2) is 5.78 Å². The van der Waals surface area contributed by atoms with E-state index in [1.54, 1.807) is 35.2 Å². The zero-order valence-corrected chi connectivity index (χ0v) is 18.8. The van der Waals surface area contributed by atoms with E-state index in [1.807, 2.05) is 0 Å². The Morgan fingerprint density at radius 2 is 1.70 bits per heavy atom. The number of benzene rings is 2. The van der Waals surface area contributed by atoms with Crippen molar-refractivity contribution in [2.24, 2.45) is 0 Å². The van der Waals surface area contributed by atoms with Gasteiger partial charge in [-0.3, -0.25) is 9.59 Å². The van der Waals surface area contributed by atoms with Crippen LogP contribution in [0.25, 0.3) is 0 Å². The number of amides is 1. The average molecular weight is 469 g/mol. The van der Waals surface area contributed by atoms with E-state index in [0.717, 1.165) is 5.56 Å². The highest BCUT2D eigenvalue weighted by atomic mass is 35.5. The van der Waals surface area contributed by atoms with Gasteiger partial charge in [-0.05, 0) is 43.2 Å². The number of carbonyl (C=O) groups excluding carboxylic acids is 2. The predicted octanol–water partition coefficient (Wildman–Crippen LogP) is 3.66. The van der Waals surface area contributed by atoms with Crippen molar-refractivity contribution in [3.05, 3.63) is 63.6 Å². The Morgan fingerprint density at radius 1 is 1.00 bits per heavy atom. The quantitative estimate of drug-likeness (QED) is 0.606. The van der Waals surface area contributed by atoms with Crippen LogP contribution in [0, 0.1) is 0 Å². The molecule has 1 saturated heterocycles. The number of hydrogen-bond donors (Lipinski definition) is 0. The van der Waals surface area contributed by atoms with Gasteiger partial charge < -0.3 is 4.90 Å². The van der Waals surface area contributed by atoms with Crippen LogP contribution in [0.15, 0.2) is 47.4 Å². The number of piperazine rings is 1. The molecule has 6 nitrogen and oxygen atoms in total. The van der Waals surface area contributed by atoms with Crippen LogP contribution in [0.1, 0.15) is 29.3 Å². The minimum atomic E-state index is -3.72. The van der Waals surface area contributed by atoms with E-state index >= 15 is 0 Å². The molecule has 0 aromatic heterocycles. The maximum Gasteiger partial charge on any atom is 0.243 e. The van der Waals surface area contributed by atoms with Crippen LogP contribution in [0.3, 0.4) is 0 Å². The second kappa shape index (κ2) is 9.47. The number of halogens is 2. The Bertz CT molecular complexity index is 1060. The molecule has 0 spiro atoms. The first-order chi connectivity index (χ1) is 14.2. The fraction of sp³-hybridized carbons (Fsp3) is 0.333. The molecule has 0 radical (unpaired) electrons. The van der Waals surface area contributed by atoms with Crippen molar-refractivity contribution in [2.75, 3.05) is 26.2 Å². The highest BCUT2D eigenvalue weighted by Gasteiger charge is 2.30. The Kier molecular flexibility index (Phi) is 7.18. The van der Waals surface area contributed by atoms with Gasteiger partial charge in [0.1, 0.15) is 0 Å². The summed E-state index contributed by atoms with van der Waals surface area (Å²) in [6, 6.07) is 11.2. The maximum absolute atomic E-state index is 12.9. The molecule has 0 saturated carbocycles. The number of nitrogens with zero attached hydrogens (tertiary/aromatic N) is 2. The van der Waals surface area contributed by atoms with Crippen molar-refractivity contribution in [1.82, 2.24) is 9.21 Å². The largest absolute Gasteiger partial charge is 0.340 e. The molecule has 1 fully saturated rings. The summed E-state index contributed by atoms with van der Waals surface area (Å²) in [6.45, 7) is 2.45. The molecule has 0 N–H and O–H groups in total. The molecule has 0 bridgehead atoms. The number of carbonyl (C=O) groups is 2. The molecule has 30 heavy (non-hydrogen) atoms. The SMILES string of the molecule is CC(=O)c1cccc(S(=O)(=O)N2CCN(C(=O)CCc3ccc(Cl)cc3Cl)CC2)c1. The molecule has 1 heterocycles. The third-order valence-corrected chi connectivity index (χ3v) is 7.57. The molecule has 1 aliphatic heterocycles. The van der Waals surface area contributed by atoms with E-state index in [1.165, 1.54) is 23.4 Å². The first-order valence-corrected chi connectivity index (χ1v) is 11.7. The summed E-state index contributed by atoms with van der Waals surface area (Å²) in [4.78, 5) is 25.9. The molecule has 3 rings (SSSR count). The zero-order valence-electron chi connectivity index (χ0n) is 16.5. The highest BCUT2D eigenvalue weighted by Crippen LogP contribution is 2.23. The van der Waals surface area contributed by atoms with E-state index in [9.17, 15) is 18.0 Å². The first kappa shape index (κ1) is 22.7. The van der Waals surface area contributed by atoms with Crippen molar-refractivity contribution in [2.45, 2.75) is 24.7 Å². The Labute approximate surface area is 186 Å². The van der Waals surface area contributed by atoms with Gasteiger partial charge in [-0.1, -0.05) is 41.4 Å². The molecule has 160 valence electrons. The summed E-state index contributed by atoms with van der Waals surface area (Å²) < 4.78 is 27.2. The van der Waals surface area contributed by atoms with E-state index in [0.29, 0.717) is 35.1 Å². The molecule has 0 atom stereocenters. The molecule has 0 aliphatic carbocycles. The molecule has 2 aromatic rings. The Balaban J connectivity index is 1.59. The van der Waals surface area contributed by atoms with Crippen LogP contribution in [-0.2, 0) is 21.2 Å². The topological polar surface area (TPSA) is 74.8 Å². The first-order valence-electron chi connectivity index (χ1n) is 9.51. The van der Waals surface area contributed by atoms with Crippen LogP contribution in [0.5, 0.6) is 0 Å². The second-order valence-electron chi connectivity index (χ2n) is 7.10. The monoisotopic (exact) mass is 468 g/mol. The maximum atomic E-state index is 12.9. The minimum absolute atomic E-state index is 0.0448. The summed E-state index contributed by atoms with van der Waals surface area (Å²) in [6.07, 6.45) is 0.778. The van der Waals surface area contributed by atoms with Crippen LogP contribution in [0.4, 0.5) is 0 Å². The fourth-order valence-electron chi connectivity index (χ4n) is 3.33. The third-order valence-electron chi connectivity index (χ3n) is 5.09. The molecule has 1 amide bonds. The zero-order chi connectivity index (χ0) is 21.9. The lowest BCUT2D eigenvalue weighted by Crippen LogP contribution is -2.50. The van der Waals surface area contributed by atoms with Crippen molar-refractivity contribution in [1.29, 1.82) is 0 Å². The van der Waals surface area contributed by atoms with Crippen molar-refractivity contribution in [3.63, 3.8) is 0 Å². The molecular formula is C21H22Cl2N2O4S. The lowest BCUT2D eigenvalue weighted by Gasteiger charge is -2.34. The average Bonchev–Trinajstić information content (AvgIpc) is 2.73. The smallest absolute Gasteiger partial charge is 0.243 e. The van der Waals surface area contributed by atoms with Crippen molar-refractivity contribution >= 4 is 44.9 Å². The van der Waals surface area contributed by atoms with Crippen LogP contribution in [0.2, 0.25) is 10.0 Å². The van der Waals surface area contributed by atoms with Crippen molar-refractivity contribution < 1.29 is 18.0 Å². The van der Waals surface area contributed by atoms with Gasteiger partial charge in [0.2, 0.25) is 15.9 Å². The molecule has 2 aromatic carbocycles. The fourth-order valence-corrected chi connectivity index (χ4v) is 5.30. The van der Waals surface area contributed by atoms with Gasteiger partial charge in [-0.25, -0.2) is 8.42 Å². The lowest BCUT2D eigenvalue weighted by molar-refractivity contribution is -0.132. The van der Waals surface area contributed by atoms with Gasteiger partial charge in [-0.2, -0.15) is 4.31 Å². The third kappa shape index (κ3) is 5.21. The molecule has 0 unspecified atom stereocenters. The number of ketones is 1. The van der Waals surface area contributed by atoms with E-state index in [4.69, 9.17) is 23.2 Å². The van der Waals surface area contributed by atoms with Gasteiger partial charge in [-0.15, -0.1) is 0 Å². The summed E-state index contributed by atoms with van der Waals surface area (Å²) in [5.74, 6) is -0.236. The number of aryl methyl sites for hydroxylation is 1. The number of Topliss-reactive ketones (excluding diaryl/α,β-unsaturated/α-hetero) is 1. The van der Waals surface area contributed by atoms with E-state index < -0.39 is 10.0 Å². The Morgan fingerprint density at radius 3 is 2.33 bits per heavy atom. The van der Waals surface area contributed by atoms with Crippen LogP contribution >= 0.6 is 23.2 Å². The highest BCUT2D eigenvalue weighted by molar-refractivity contribution is 7.89. The molecular weight excluding hydrogens is 447 g/mol. The van der Waals surface area contributed by atoms with Gasteiger partial charge >= 0.3 is 0 Å². The summed E-state index contributed by atoms with van der Waals surface area (Å²) in [7, 11) is -3.72.